The Morgan fingerprint density at radius 3 is 2.80 bits per heavy atom. The number of hydrogen-bond acceptors (Lipinski definition) is 4. The summed E-state index contributed by atoms with van der Waals surface area (Å²) in [7, 11) is 1.69. The summed E-state index contributed by atoms with van der Waals surface area (Å²) in [5.41, 5.74) is 8.15. The lowest BCUT2D eigenvalue weighted by Gasteiger charge is -2.27. The lowest BCUT2D eigenvalue weighted by Crippen LogP contribution is -2.27. The van der Waals surface area contributed by atoms with Gasteiger partial charge in [-0.25, -0.2) is 4.98 Å². The van der Waals surface area contributed by atoms with Crippen LogP contribution in [-0.2, 0) is 6.54 Å². The van der Waals surface area contributed by atoms with Crippen LogP contribution in [0.1, 0.15) is 25.7 Å². The molecule has 1 heterocycles. The van der Waals surface area contributed by atoms with Gasteiger partial charge in [0.25, 0.3) is 0 Å². The third-order valence-corrected chi connectivity index (χ3v) is 5.78. The molecule has 0 amide bonds. The maximum Gasteiger partial charge on any atom is 0.201 e. The van der Waals surface area contributed by atoms with E-state index in [1.54, 1.807) is 7.11 Å². The first-order chi connectivity index (χ1) is 9.67. The first kappa shape index (κ1) is 13.6. The molecule has 1 aromatic carbocycles. The number of ether oxygens (including phenoxy) is 1. The van der Waals surface area contributed by atoms with E-state index < -0.39 is 0 Å². The number of methoxy groups -OCH3 is 1. The van der Waals surface area contributed by atoms with Gasteiger partial charge in [-0.3, -0.25) is 0 Å². The van der Waals surface area contributed by atoms with Crippen LogP contribution < -0.4 is 10.5 Å². The fourth-order valence-corrected chi connectivity index (χ4v) is 4.10. The number of nitrogens with two attached hydrogens (primary N) is 1. The summed E-state index contributed by atoms with van der Waals surface area (Å²) < 4.78 is 7.78. The first-order valence-corrected chi connectivity index (χ1v) is 8.25. The van der Waals surface area contributed by atoms with Crippen molar-refractivity contribution in [3.8, 4) is 5.75 Å². The van der Waals surface area contributed by atoms with Crippen molar-refractivity contribution in [1.82, 2.24) is 9.55 Å². The van der Waals surface area contributed by atoms with Gasteiger partial charge in [0, 0.05) is 17.4 Å². The number of fused-ring (bicyclic) bond motifs is 1. The van der Waals surface area contributed by atoms with E-state index in [0.717, 1.165) is 23.3 Å². The maximum absolute atomic E-state index is 6.14. The summed E-state index contributed by atoms with van der Waals surface area (Å²) in [5.74, 6) is 1.46. The van der Waals surface area contributed by atoms with E-state index in [4.69, 9.17) is 10.5 Å². The summed E-state index contributed by atoms with van der Waals surface area (Å²) in [6.07, 6.45) is 7.36. The molecule has 0 unspecified atom stereocenters. The van der Waals surface area contributed by atoms with Crippen LogP contribution in [-0.4, -0.2) is 27.7 Å². The van der Waals surface area contributed by atoms with Gasteiger partial charge < -0.3 is 15.0 Å². The number of anilines is 1. The Hall–Kier alpha value is -1.36. The summed E-state index contributed by atoms with van der Waals surface area (Å²) in [5, 5.41) is 0. The minimum absolute atomic E-state index is 0.310. The molecule has 1 saturated carbocycles. The molecule has 1 aromatic heterocycles. The van der Waals surface area contributed by atoms with Crippen molar-refractivity contribution < 1.29 is 4.74 Å². The zero-order valence-corrected chi connectivity index (χ0v) is 12.9. The molecule has 5 heteroatoms. The first-order valence-electron chi connectivity index (χ1n) is 7.02. The average molecular weight is 291 g/mol. The molecule has 0 bridgehead atoms. The summed E-state index contributed by atoms with van der Waals surface area (Å²) in [6, 6.07) is 5.93. The normalized spacial score (nSPS) is 17.7. The van der Waals surface area contributed by atoms with Crippen LogP contribution in [0.5, 0.6) is 5.75 Å². The summed E-state index contributed by atoms with van der Waals surface area (Å²) in [4.78, 5) is 4.47. The lowest BCUT2D eigenvalue weighted by molar-refractivity contribution is 0.415. The highest BCUT2D eigenvalue weighted by molar-refractivity contribution is 8.00. The largest absolute Gasteiger partial charge is 0.497 e. The van der Waals surface area contributed by atoms with E-state index in [2.05, 4.69) is 15.8 Å². The molecule has 3 rings (SSSR count). The lowest BCUT2D eigenvalue weighted by atomic mass is 10.1. The number of rotatable bonds is 4. The number of aromatic nitrogens is 2. The second kappa shape index (κ2) is 5.20. The Kier molecular flexibility index (Phi) is 3.54. The van der Waals surface area contributed by atoms with Crippen LogP contribution in [0.25, 0.3) is 11.0 Å². The van der Waals surface area contributed by atoms with Gasteiger partial charge in [-0.15, -0.1) is 0 Å². The zero-order chi connectivity index (χ0) is 14.2. The van der Waals surface area contributed by atoms with Gasteiger partial charge in [0.15, 0.2) is 0 Å². The molecule has 108 valence electrons. The van der Waals surface area contributed by atoms with E-state index in [1.165, 1.54) is 25.7 Å². The van der Waals surface area contributed by atoms with Crippen molar-refractivity contribution in [1.29, 1.82) is 0 Å². The van der Waals surface area contributed by atoms with E-state index in [1.807, 2.05) is 30.0 Å². The van der Waals surface area contributed by atoms with Gasteiger partial charge in [-0.1, -0.05) is 12.8 Å². The van der Waals surface area contributed by atoms with Crippen LogP contribution in [0.3, 0.4) is 0 Å². The second-order valence-electron chi connectivity index (χ2n) is 5.51. The number of imidazole rings is 1. The summed E-state index contributed by atoms with van der Waals surface area (Å²) in [6.45, 7) is 0.934. The molecule has 4 nitrogen and oxygen atoms in total. The van der Waals surface area contributed by atoms with Crippen LogP contribution >= 0.6 is 11.8 Å². The third-order valence-electron chi connectivity index (χ3n) is 4.38. The van der Waals surface area contributed by atoms with Crippen molar-refractivity contribution in [2.45, 2.75) is 37.0 Å². The minimum Gasteiger partial charge on any atom is -0.497 e. The van der Waals surface area contributed by atoms with Crippen molar-refractivity contribution in [3.05, 3.63) is 18.2 Å². The van der Waals surface area contributed by atoms with Crippen molar-refractivity contribution in [2.24, 2.45) is 0 Å². The smallest absolute Gasteiger partial charge is 0.201 e. The van der Waals surface area contributed by atoms with Crippen LogP contribution in [0.4, 0.5) is 5.95 Å². The Labute approximate surface area is 123 Å². The molecule has 1 aliphatic rings. The molecule has 2 N–H and O–H groups in total. The van der Waals surface area contributed by atoms with Crippen LogP contribution in [0.2, 0.25) is 0 Å². The van der Waals surface area contributed by atoms with Gasteiger partial charge >= 0.3 is 0 Å². The van der Waals surface area contributed by atoms with Gasteiger partial charge in [0.1, 0.15) is 5.75 Å². The molecule has 0 spiro atoms. The Bertz CT molecular complexity index is 617. The predicted molar refractivity (Wildman–Crippen MR) is 85.4 cm³/mol. The monoisotopic (exact) mass is 291 g/mol. The Morgan fingerprint density at radius 1 is 1.40 bits per heavy atom. The molecule has 2 aromatic rings. The molecule has 1 aliphatic carbocycles. The van der Waals surface area contributed by atoms with E-state index in [0.29, 0.717) is 10.7 Å². The number of benzene rings is 1. The predicted octanol–water partition coefficient (Wildman–Crippen LogP) is 3.30. The van der Waals surface area contributed by atoms with Gasteiger partial charge in [-0.2, -0.15) is 11.8 Å². The highest BCUT2D eigenvalue weighted by Gasteiger charge is 2.34. The number of nitrogens with zero attached hydrogens (tertiary/aromatic N) is 2. The van der Waals surface area contributed by atoms with Crippen molar-refractivity contribution in [3.63, 3.8) is 0 Å². The Balaban J connectivity index is 2.03. The molecule has 0 saturated heterocycles. The van der Waals surface area contributed by atoms with Gasteiger partial charge in [0.05, 0.1) is 18.1 Å². The number of hydrogen-bond donors (Lipinski definition) is 1. The van der Waals surface area contributed by atoms with E-state index in [9.17, 15) is 0 Å². The van der Waals surface area contributed by atoms with Crippen LogP contribution in [0.15, 0.2) is 18.2 Å². The zero-order valence-electron chi connectivity index (χ0n) is 12.1. The van der Waals surface area contributed by atoms with Crippen LogP contribution in [0, 0.1) is 0 Å². The molecule has 1 fully saturated rings. The highest BCUT2D eigenvalue weighted by Crippen LogP contribution is 2.42. The maximum atomic E-state index is 6.14. The topological polar surface area (TPSA) is 53.1 Å². The average Bonchev–Trinajstić information content (AvgIpc) is 3.05. The number of thioether (sulfide) groups is 1. The molecule has 20 heavy (non-hydrogen) atoms. The highest BCUT2D eigenvalue weighted by atomic mass is 32.2. The molecule has 0 atom stereocenters. The minimum atomic E-state index is 0.310. The van der Waals surface area contributed by atoms with E-state index >= 15 is 0 Å². The van der Waals surface area contributed by atoms with Crippen molar-refractivity contribution >= 4 is 28.7 Å². The third kappa shape index (κ3) is 2.24. The molecular formula is C15H21N3OS. The van der Waals surface area contributed by atoms with E-state index in [-0.39, 0.29) is 0 Å². The molecule has 0 aliphatic heterocycles. The Morgan fingerprint density at radius 2 is 2.15 bits per heavy atom. The van der Waals surface area contributed by atoms with Gasteiger partial charge in [0.2, 0.25) is 5.95 Å². The molecule has 0 radical (unpaired) electrons. The second-order valence-corrected chi connectivity index (χ2v) is 6.78. The molecular weight excluding hydrogens is 270 g/mol. The van der Waals surface area contributed by atoms with Crippen molar-refractivity contribution in [2.75, 3.05) is 19.1 Å². The standard InChI is InChI=1S/C15H21N3OS/c1-19-11-5-6-12-13(9-11)18(14(16)17-12)10-15(20-2)7-3-4-8-15/h5-6,9H,3-4,7-8,10H2,1-2H3,(H2,16,17). The fraction of sp³-hybridized carbons (Fsp3) is 0.533. The quantitative estimate of drug-likeness (QED) is 0.939. The summed E-state index contributed by atoms with van der Waals surface area (Å²) >= 11 is 1.97. The van der Waals surface area contributed by atoms with Gasteiger partial charge in [-0.05, 0) is 31.2 Å². The number of nitrogen functional groups attached to an aromatic ring is 1. The fourth-order valence-electron chi connectivity index (χ4n) is 3.15. The SMILES string of the molecule is COc1ccc2nc(N)n(CC3(SC)CCCC3)c2c1.